The van der Waals surface area contributed by atoms with Gasteiger partial charge in [-0.2, -0.15) is 0 Å². The molecule has 1 aliphatic carbocycles. The normalized spacial score (nSPS) is 24.3. The lowest BCUT2D eigenvalue weighted by Gasteiger charge is -2.30. The Kier molecular flexibility index (Phi) is 4.18. The summed E-state index contributed by atoms with van der Waals surface area (Å²) >= 11 is 0. The van der Waals surface area contributed by atoms with Crippen molar-refractivity contribution in [3.63, 3.8) is 0 Å². The van der Waals surface area contributed by atoms with E-state index in [4.69, 9.17) is 4.74 Å². The quantitative estimate of drug-likeness (QED) is 0.742. The topological polar surface area (TPSA) is 26.3 Å². The Labute approximate surface area is 103 Å². The number of carbonyl (C=O) groups is 1. The zero-order valence-corrected chi connectivity index (χ0v) is 10.4. The molecule has 92 valence electrons. The van der Waals surface area contributed by atoms with Crippen molar-refractivity contribution in [2.45, 2.75) is 38.0 Å². The molecule has 2 rings (SSSR count). The molecular formula is C15H20O2. The molecule has 0 unspecified atom stereocenters. The third kappa shape index (κ3) is 2.87. The fraction of sp³-hybridized carbons (Fsp3) is 0.533. The van der Waals surface area contributed by atoms with Gasteiger partial charge in [-0.05, 0) is 42.4 Å². The monoisotopic (exact) mass is 232 g/mol. The predicted molar refractivity (Wildman–Crippen MR) is 68.4 cm³/mol. The van der Waals surface area contributed by atoms with E-state index in [1.165, 1.54) is 31.2 Å². The zero-order valence-electron chi connectivity index (χ0n) is 10.4. The smallest absolute Gasteiger partial charge is 0.120 e. The molecule has 0 spiro atoms. The van der Waals surface area contributed by atoms with Crippen LogP contribution in [0.25, 0.3) is 0 Å². The maximum absolute atomic E-state index is 10.7. The highest BCUT2D eigenvalue weighted by Gasteiger charge is 2.25. The van der Waals surface area contributed by atoms with Crippen molar-refractivity contribution in [1.82, 2.24) is 0 Å². The molecule has 0 bridgehead atoms. The van der Waals surface area contributed by atoms with Crippen LogP contribution in [0.15, 0.2) is 24.3 Å². The second kappa shape index (κ2) is 5.85. The summed E-state index contributed by atoms with van der Waals surface area (Å²) in [5.74, 6) is 1.99. The molecule has 1 fully saturated rings. The van der Waals surface area contributed by atoms with Crippen LogP contribution in [0, 0.1) is 5.92 Å². The van der Waals surface area contributed by atoms with E-state index in [0.29, 0.717) is 18.3 Å². The zero-order chi connectivity index (χ0) is 12.1. The molecule has 0 saturated heterocycles. The third-order valence-electron chi connectivity index (χ3n) is 3.85. The molecule has 17 heavy (non-hydrogen) atoms. The number of ether oxygens (including phenoxy) is 1. The van der Waals surface area contributed by atoms with Crippen LogP contribution >= 0.6 is 0 Å². The summed E-state index contributed by atoms with van der Waals surface area (Å²) in [4.78, 5) is 10.7. The predicted octanol–water partition coefficient (Wildman–Crippen LogP) is 3.56. The van der Waals surface area contributed by atoms with Crippen molar-refractivity contribution in [2.24, 2.45) is 5.92 Å². The molecule has 0 aliphatic heterocycles. The molecule has 1 aromatic rings. The summed E-state index contributed by atoms with van der Waals surface area (Å²) < 4.78 is 5.17. The van der Waals surface area contributed by atoms with Crippen LogP contribution in [0.3, 0.4) is 0 Å². The minimum absolute atomic E-state index is 0.537. The number of hydrogen-bond acceptors (Lipinski definition) is 2. The second-order valence-electron chi connectivity index (χ2n) is 4.83. The van der Waals surface area contributed by atoms with E-state index >= 15 is 0 Å². The van der Waals surface area contributed by atoms with E-state index in [1.54, 1.807) is 7.11 Å². The van der Waals surface area contributed by atoms with Crippen LogP contribution in [-0.4, -0.2) is 13.4 Å². The lowest BCUT2D eigenvalue weighted by Crippen LogP contribution is -2.18. The highest BCUT2D eigenvalue weighted by Crippen LogP contribution is 2.39. The Bertz CT molecular complexity index is 356. The minimum Gasteiger partial charge on any atom is -0.497 e. The van der Waals surface area contributed by atoms with Crippen molar-refractivity contribution >= 4 is 6.29 Å². The lowest BCUT2D eigenvalue weighted by atomic mass is 9.74. The van der Waals surface area contributed by atoms with E-state index in [9.17, 15) is 4.79 Å². The van der Waals surface area contributed by atoms with Crippen molar-refractivity contribution in [3.05, 3.63) is 29.8 Å². The van der Waals surface area contributed by atoms with Gasteiger partial charge >= 0.3 is 0 Å². The first-order valence-corrected chi connectivity index (χ1v) is 6.42. The third-order valence-corrected chi connectivity index (χ3v) is 3.85. The number of aldehydes is 1. The molecule has 1 aliphatic rings. The largest absolute Gasteiger partial charge is 0.497 e. The molecule has 1 saturated carbocycles. The van der Waals surface area contributed by atoms with E-state index in [2.05, 4.69) is 12.1 Å². The molecule has 2 nitrogen and oxygen atoms in total. The SMILES string of the molecule is COc1ccc([C@@H]2CCCC[C@@H]2CC=O)cc1. The fourth-order valence-electron chi connectivity index (χ4n) is 2.90. The van der Waals surface area contributed by atoms with Crippen molar-refractivity contribution in [1.29, 1.82) is 0 Å². The van der Waals surface area contributed by atoms with Gasteiger partial charge in [-0.25, -0.2) is 0 Å². The Morgan fingerprint density at radius 2 is 1.94 bits per heavy atom. The van der Waals surface area contributed by atoms with Crippen LogP contribution in [0.5, 0.6) is 5.75 Å². The van der Waals surface area contributed by atoms with Gasteiger partial charge in [0.15, 0.2) is 0 Å². The fourth-order valence-corrected chi connectivity index (χ4v) is 2.90. The average molecular weight is 232 g/mol. The summed E-state index contributed by atoms with van der Waals surface area (Å²) in [5, 5.41) is 0. The van der Waals surface area contributed by atoms with Gasteiger partial charge in [0.1, 0.15) is 12.0 Å². The van der Waals surface area contributed by atoms with Gasteiger partial charge in [0.2, 0.25) is 0 Å². The van der Waals surface area contributed by atoms with Gasteiger partial charge in [0.05, 0.1) is 7.11 Å². The number of carbonyl (C=O) groups excluding carboxylic acids is 1. The molecular weight excluding hydrogens is 212 g/mol. The lowest BCUT2D eigenvalue weighted by molar-refractivity contribution is -0.108. The maximum atomic E-state index is 10.7. The minimum atomic E-state index is 0.537. The molecule has 1 aromatic carbocycles. The van der Waals surface area contributed by atoms with Gasteiger partial charge in [0.25, 0.3) is 0 Å². The molecule has 0 heterocycles. The second-order valence-corrected chi connectivity index (χ2v) is 4.83. The molecule has 0 radical (unpaired) electrons. The average Bonchev–Trinajstić information content (AvgIpc) is 2.40. The standard InChI is InChI=1S/C15H20O2/c1-17-14-8-6-13(7-9-14)15-5-3-2-4-12(15)10-11-16/h6-9,11-12,15H,2-5,10H2,1H3/t12-,15-/m1/s1. The Morgan fingerprint density at radius 3 is 2.59 bits per heavy atom. The van der Waals surface area contributed by atoms with E-state index < -0.39 is 0 Å². The van der Waals surface area contributed by atoms with Crippen LogP contribution < -0.4 is 4.74 Å². The van der Waals surface area contributed by atoms with Gasteiger partial charge in [-0.15, -0.1) is 0 Å². The number of hydrogen-bond donors (Lipinski definition) is 0. The van der Waals surface area contributed by atoms with Gasteiger partial charge in [-0.3, -0.25) is 0 Å². The molecule has 2 atom stereocenters. The molecule has 0 aromatic heterocycles. The van der Waals surface area contributed by atoms with Gasteiger partial charge in [-0.1, -0.05) is 25.0 Å². The first-order chi connectivity index (χ1) is 8.35. The van der Waals surface area contributed by atoms with Gasteiger partial charge < -0.3 is 9.53 Å². The highest BCUT2D eigenvalue weighted by molar-refractivity contribution is 5.50. The highest BCUT2D eigenvalue weighted by atomic mass is 16.5. The van der Waals surface area contributed by atoms with E-state index in [0.717, 1.165) is 12.0 Å². The Morgan fingerprint density at radius 1 is 1.24 bits per heavy atom. The first-order valence-electron chi connectivity index (χ1n) is 6.42. The summed E-state index contributed by atoms with van der Waals surface area (Å²) in [7, 11) is 1.69. The maximum Gasteiger partial charge on any atom is 0.120 e. The number of methoxy groups -OCH3 is 1. The summed E-state index contributed by atoms with van der Waals surface area (Å²) in [6, 6.07) is 8.32. The van der Waals surface area contributed by atoms with E-state index in [-0.39, 0.29) is 0 Å². The summed E-state index contributed by atoms with van der Waals surface area (Å²) in [6.45, 7) is 0. The first kappa shape index (κ1) is 12.2. The van der Waals surface area contributed by atoms with Crippen LogP contribution in [0.2, 0.25) is 0 Å². The van der Waals surface area contributed by atoms with Gasteiger partial charge in [0, 0.05) is 6.42 Å². The van der Waals surface area contributed by atoms with Crippen LogP contribution in [0.4, 0.5) is 0 Å². The van der Waals surface area contributed by atoms with Crippen LogP contribution in [0.1, 0.15) is 43.6 Å². The molecule has 2 heteroatoms. The molecule has 0 N–H and O–H groups in total. The van der Waals surface area contributed by atoms with E-state index in [1.807, 2.05) is 12.1 Å². The molecule has 0 amide bonds. The summed E-state index contributed by atoms with van der Waals surface area (Å²) in [5.41, 5.74) is 1.36. The summed E-state index contributed by atoms with van der Waals surface area (Å²) in [6.07, 6.45) is 6.74. The number of rotatable bonds is 4. The van der Waals surface area contributed by atoms with Crippen molar-refractivity contribution < 1.29 is 9.53 Å². The number of benzene rings is 1. The Hall–Kier alpha value is -1.31. The van der Waals surface area contributed by atoms with Crippen molar-refractivity contribution in [2.75, 3.05) is 7.11 Å². The Balaban J connectivity index is 2.14. The van der Waals surface area contributed by atoms with Crippen LogP contribution in [-0.2, 0) is 4.79 Å². The van der Waals surface area contributed by atoms with Crippen molar-refractivity contribution in [3.8, 4) is 5.75 Å².